The Hall–Kier alpha value is -2.84. The van der Waals surface area contributed by atoms with E-state index < -0.39 is 22.9 Å². The van der Waals surface area contributed by atoms with E-state index in [0.717, 1.165) is 33.8 Å². The number of anilines is 2. The summed E-state index contributed by atoms with van der Waals surface area (Å²) in [6, 6.07) is 8.06. The first kappa shape index (κ1) is 23.3. The molecule has 2 heterocycles. The lowest BCUT2D eigenvalue weighted by atomic mass is 9.63. The Morgan fingerprint density at radius 1 is 1.27 bits per heavy atom. The molecule has 0 bridgehead atoms. The normalized spacial score (nSPS) is 22.2. The molecule has 1 aliphatic carbocycles. The van der Waals surface area contributed by atoms with Gasteiger partial charge in [0.25, 0.3) is 0 Å². The number of carboxylic acids is 1. The highest BCUT2D eigenvalue weighted by atomic mass is 32.1. The van der Waals surface area contributed by atoms with E-state index in [-0.39, 0.29) is 0 Å². The van der Waals surface area contributed by atoms with Gasteiger partial charge in [0.1, 0.15) is 10.6 Å². The van der Waals surface area contributed by atoms with E-state index in [1.807, 2.05) is 39.0 Å². The number of aliphatic carboxylic acids is 1. The molecule has 3 aromatic rings. The third-order valence-electron chi connectivity index (χ3n) is 6.43. The molecule has 0 spiro atoms. The molecular formula is C25H30N4O3S. The van der Waals surface area contributed by atoms with Gasteiger partial charge in [-0.3, -0.25) is 4.79 Å². The van der Waals surface area contributed by atoms with Crippen molar-refractivity contribution in [2.75, 3.05) is 5.32 Å². The molecule has 2 aromatic heterocycles. The number of rotatable bonds is 6. The van der Waals surface area contributed by atoms with Crippen molar-refractivity contribution in [2.24, 2.45) is 11.3 Å². The number of benzene rings is 1. The van der Waals surface area contributed by atoms with E-state index in [0.29, 0.717) is 30.2 Å². The fourth-order valence-electron chi connectivity index (χ4n) is 4.78. The molecule has 33 heavy (non-hydrogen) atoms. The van der Waals surface area contributed by atoms with Crippen molar-refractivity contribution >= 4 is 28.9 Å². The van der Waals surface area contributed by atoms with E-state index in [1.165, 1.54) is 11.3 Å². The van der Waals surface area contributed by atoms with Crippen LogP contribution in [0.5, 0.6) is 0 Å². The van der Waals surface area contributed by atoms with Gasteiger partial charge in [-0.1, -0.05) is 26.8 Å². The molecule has 0 unspecified atom stereocenters. The van der Waals surface area contributed by atoms with Gasteiger partial charge < -0.3 is 15.5 Å². The highest BCUT2D eigenvalue weighted by Crippen LogP contribution is 2.50. The molecule has 0 aliphatic heterocycles. The van der Waals surface area contributed by atoms with E-state index >= 15 is 0 Å². The second kappa shape index (κ2) is 8.83. The molecule has 2 atom stereocenters. The van der Waals surface area contributed by atoms with Crippen LogP contribution in [0.25, 0.3) is 10.4 Å². The average Bonchev–Trinajstić information content (AvgIpc) is 3.24. The smallest absolute Gasteiger partial charge is 0.307 e. The van der Waals surface area contributed by atoms with Crippen LogP contribution in [-0.2, 0) is 16.8 Å². The summed E-state index contributed by atoms with van der Waals surface area (Å²) in [6.45, 7) is 7.92. The lowest BCUT2D eigenvalue weighted by molar-refractivity contribution is -0.154. The lowest BCUT2D eigenvalue weighted by Gasteiger charge is -2.44. The first-order chi connectivity index (χ1) is 15.6. The van der Waals surface area contributed by atoms with Crippen LogP contribution in [0.15, 0.2) is 36.7 Å². The molecule has 1 aliphatic rings. The number of nitrogens with zero attached hydrogens (tertiary/aromatic N) is 3. The summed E-state index contributed by atoms with van der Waals surface area (Å²) in [5.41, 5.74) is 2.31. The van der Waals surface area contributed by atoms with Crippen molar-refractivity contribution in [3.05, 3.63) is 52.9 Å². The van der Waals surface area contributed by atoms with Crippen LogP contribution in [-0.4, -0.2) is 31.1 Å². The molecule has 174 valence electrons. The number of aryl methyl sites for hydroxylation is 2. The van der Waals surface area contributed by atoms with Crippen LogP contribution in [0.2, 0.25) is 0 Å². The standard InChI is InChI=1S/C25H30N4O3S/c1-5-17-7-9-26-23(28-17)29-18-11-15(2)10-16(12-18)20-13-27-22(33-20)25(32)8-6-19(21(30)31)24(3,4)14-25/h7,9-13,19,32H,5-6,8,14H2,1-4H3,(H,30,31)(H,26,28,29)/t19-,25-/m1/s1. The van der Waals surface area contributed by atoms with Gasteiger partial charge in [0, 0.05) is 23.8 Å². The zero-order chi connectivity index (χ0) is 23.8. The number of hydrogen-bond donors (Lipinski definition) is 3. The molecule has 1 aromatic carbocycles. The molecule has 0 amide bonds. The summed E-state index contributed by atoms with van der Waals surface area (Å²) in [6.07, 6.45) is 5.58. The molecule has 0 saturated heterocycles. The predicted molar refractivity (Wildman–Crippen MR) is 130 cm³/mol. The van der Waals surface area contributed by atoms with Gasteiger partial charge in [0.15, 0.2) is 0 Å². The maximum absolute atomic E-state index is 11.6. The Morgan fingerprint density at radius 3 is 2.76 bits per heavy atom. The largest absolute Gasteiger partial charge is 0.481 e. The van der Waals surface area contributed by atoms with Crippen molar-refractivity contribution in [1.82, 2.24) is 15.0 Å². The van der Waals surface area contributed by atoms with Gasteiger partial charge in [0.05, 0.1) is 10.8 Å². The van der Waals surface area contributed by atoms with Crippen molar-refractivity contribution in [3.8, 4) is 10.4 Å². The van der Waals surface area contributed by atoms with Gasteiger partial charge in [-0.15, -0.1) is 11.3 Å². The van der Waals surface area contributed by atoms with Gasteiger partial charge in [-0.05, 0) is 67.3 Å². The Balaban J connectivity index is 1.59. The molecular weight excluding hydrogens is 436 g/mol. The maximum atomic E-state index is 11.6. The highest BCUT2D eigenvalue weighted by molar-refractivity contribution is 7.15. The Morgan fingerprint density at radius 2 is 2.06 bits per heavy atom. The quantitative estimate of drug-likeness (QED) is 0.451. The fraction of sp³-hybridized carbons (Fsp3) is 0.440. The van der Waals surface area contributed by atoms with Crippen molar-refractivity contribution < 1.29 is 15.0 Å². The minimum absolute atomic E-state index is 0.371. The zero-order valence-corrected chi connectivity index (χ0v) is 20.2. The van der Waals surface area contributed by atoms with Crippen LogP contribution in [0, 0.1) is 18.3 Å². The van der Waals surface area contributed by atoms with Crippen LogP contribution in [0.1, 0.15) is 56.3 Å². The maximum Gasteiger partial charge on any atom is 0.307 e. The molecule has 4 rings (SSSR count). The zero-order valence-electron chi connectivity index (χ0n) is 19.4. The fourth-order valence-corrected chi connectivity index (χ4v) is 5.80. The topological polar surface area (TPSA) is 108 Å². The van der Waals surface area contributed by atoms with Crippen LogP contribution < -0.4 is 5.32 Å². The molecule has 8 heteroatoms. The van der Waals surface area contributed by atoms with Gasteiger partial charge in [-0.2, -0.15) is 0 Å². The van der Waals surface area contributed by atoms with E-state index in [2.05, 4.69) is 33.3 Å². The van der Waals surface area contributed by atoms with Crippen molar-refractivity contribution in [2.45, 2.75) is 59.0 Å². The summed E-state index contributed by atoms with van der Waals surface area (Å²) in [4.78, 5) is 26.0. The summed E-state index contributed by atoms with van der Waals surface area (Å²) in [5, 5.41) is 24.9. The van der Waals surface area contributed by atoms with Crippen molar-refractivity contribution in [3.63, 3.8) is 0 Å². The first-order valence-corrected chi connectivity index (χ1v) is 12.0. The third-order valence-corrected chi connectivity index (χ3v) is 7.67. The minimum atomic E-state index is -1.11. The van der Waals surface area contributed by atoms with Gasteiger partial charge in [-0.25, -0.2) is 15.0 Å². The molecule has 1 fully saturated rings. The van der Waals surface area contributed by atoms with Gasteiger partial charge in [0.2, 0.25) is 5.95 Å². The van der Waals surface area contributed by atoms with Crippen molar-refractivity contribution in [1.29, 1.82) is 0 Å². The van der Waals surface area contributed by atoms with Crippen LogP contribution in [0.3, 0.4) is 0 Å². The van der Waals surface area contributed by atoms with E-state index in [9.17, 15) is 15.0 Å². The number of thiazole rings is 1. The van der Waals surface area contributed by atoms with E-state index in [1.54, 1.807) is 12.4 Å². The second-order valence-electron chi connectivity index (χ2n) is 9.59. The van der Waals surface area contributed by atoms with Crippen LogP contribution in [0.4, 0.5) is 11.6 Å². The minimum Gasteiger partial charge on any atom is -0.481 e. The number of nitrogens with one attached hydrogen (secondary N) is 1. The molecule has 7 nitrogen and oxygen atoms in total. The predicted octanol–water partition coefficient (Wildman–Crippen LogP) is 5.31. The second-order valence-corrected chi connectivity index (χ2v) is 10.6. The summed E-state index contributed by atoms with van der Waals surface area (Å²) in [5.74, 6) is -0.700. The third kappa shape index (κ3) is 4.91. The highest BCUT2D eigenvalue weighted by Gasteiger charge is 2.49. The van der Waals surface area contributed by atoms with E-state index in [4.69, 9.17) is 0 Å². The number of carbonyl (C=O) groups is 1. The summed E-state index contributed by atoms with van der Waals surface area (Å²) >= 11 is 1.46. The summed E-state index contributed by atoms with van der Waals surface area (Å²) < 4.78 is 0. The molecule has 3 N–H and O–H groups in total. The number of carboxylic acid groups (broad SMARTS) is 1. The average molecular weight is 467 g/mol. The Kier molecular flexibility index (Phi) is 6.24. The SMILES string of the molecule is CCc1ccnc(Nc2cc(C)cc(-c3cnc([C@@]4(O)CC[C@H](C(=O)O)C(C)(C)C4)s3)c2)n1. The molecule has 0 radical (unpaired) electrons. The monoisotopic (exact) mass is 466 g/mol. The number of aliphatic hydroxyl groups is 1. The lowest BCUT2D eigenvalue weighted by Crippen LogP contribution is -2.44. The summed E-state index contributed by atoms with van der Waals surface area (Å²) in [7, 11) is 0. The number of hydrogen-bond acceptors (Lipinski definition) is 7. The number of aromatic nitrogens is 3. The Bertz CT molecular complexity index is 1180. The van der Waals surface area contributed by atoms with Crippen LogP contribution >= 0.6 is 11.3 Å². The Labute approximate surface area is 198 Å². The molecule has 1 saturated carbocycles. The van der Waals surface area contributed by atoms with Gasteiger partial charge >= 0.3 is 5.97 Å². The first-order valence-electron chi connectivity index (χ1n) is 11.2.